The Labute approximate surface area is 350 Å². The maximum absolute atomic E-state index is 16.1. The largest absolute Gasteiger partial charge is 0.483 e. The normalized spacial score (nSPS) is 13.8. The minimum Gasteiger partial charge on any atom is -0.483 e. The lowest BCUT2D eigenvalue weighted by molar-refractivity contribution is -0.125. The smallest absolute Gasteiger partial charge is 0.270 e. The van der Waals surface area contributed by atoms with E-state index in [-0.39, 0.29) is 11.6 Å². The first kappa shape index (κ1) is 42.1. The van der Waals surface area contributed by atoms with Gasteiger partial charge < -0.3 is 14.4 Å². The lowest BCUT2D eigenvalue weighted by Crippen LogP contribution is -2.41. The van der Waals surface area contributed by atoms with Crippen LogP contribution in [0.1, 0.15) is 49.1 Å². The van der Waals surface area contributed by atoms with Gasteiger partial charge in [-0.05, 0) is 75.4 Å². The van der Waals surface area contributed by atoms with Crippen LogP contribution in [0.15, 0.2) is 48.7 Å². The Morgan fingerprint density at radius 1 is 0.831 bits per heavy atom. The average Bonchev–Trinajstić information content (AvgIpc) is 3.77. The first-order valence-corrected chi connectivity index (χ1v) is 21.4. The third kappa shape index (κ3) is 9.58. The summed E-state index contributed by atoms with van der Waals surface area (Å²) in [5.74, 6) is -13.9. The number of fused-ring (bicyclic) bond motifs is 2. The van der Waals surface area contributed by atoms with Gasteiger partial charge in [0.25, 0.3) is 11.8 Å². The lowest BCUT2D eigenvalue weighted by Gasteiger charge is -2.27. The number of hydrogen-bond acceptors (Lipinski definition) is 13. The van der Waals surface area contributed by atoms with Gasteiger partial charge in [-0.15, -0.1) is 11.3 Å². The number of carbonyl (C=O) groups is 3. The Balaban J connectivity index is 1.13. The highest BCUT2D eigenvalue weighted by Gasteiger charge is 2.32. The molecule has 7 rings (SSSR count). The molecule has 1 fully saturated rings. The van der Waals surface area contributed by atoms with E-state index in [1.807, 2.05) is 17.3 Å². The number of hydrogen-bond donors (Lipinski definition) is 2. The molecule has 1 aliphatic rings. The van der Waals surface area contributed by atoms with E-state index in [2.05, 4.69) is 15.0 Å². The van der Waals surface area contributed by atoms with Crippen molar-refractivity contribution in [3.05, 3.63) is 109 Å². The van der Waals surface area contributed by atoms with Gasteiger partial charge >= 0.3 is 0 Å². The molecular weight excluding hydrogens is 884 g/mol. The number of imide groups is 1. The third-order valence-corrected chi connectivity index (χ3v) is 12.6. The second kappa shape index (κ2) is 17.3. The Hall–Kier alpha value is -4.99. The van der Waals surface area contributed by atoms with Gasteiger partial charge in [-0.3, -0.25) is 19.7 Å². The number of carbonyl (C=O) groups excluding carboxylic acids is 3. The SMILES string of the molecule is CN1CCC(C(=O)NC(=O)c2c(F)c(CS(=O)(=O)NC(=O)c3c(F)ccc(OCc4nc5cc(Cl)ccc5s4)c3F)cc(OCc3nc4cc(Cl)cnc4s3)c2F)CC1. The number of aromatic nitrogens is 3. The molecule has 3 aromatic carbocycles. The fraction of sp³-hybridized carbons (Fsp3) is 0.243. The van der Waals surface area contributed by atoms with Crippen molar-refractivity contribution in [3.63, 3.8) is 0 Å². The van der Waals surface area contributed by atoms with Gasteiger partial charge in [0.2, 0.25) is 15.9 Å². The van der Waals surface area contributed by atoms with Crippen molar-refractivity contribution < 1.29 is 49.8 Å². The molecule has 2 N–H and O–H groups in total. The van der Waals surface area contributed by atoms with Crippen LogP contribution in [-0.4, -0.2) is 66.1 Å². The quantitative estimate of drug-likeness (QED) is 0.0943. The summed E-state index contributed by atoms with van der Waals surface area (Å²) in [5, 5.41) is 3.34. The molecule has 1 saturated heterocycles. The summed E-state index contributed by atoms with van der Waals surface area (Å²) in [6.45, 7) is 0.288. The molecule has 13 nitrogen and oxygen atoms in total. The molecule has 0 radical (unpaired) electrons. The number of likely N-dealkylation sites (tertiary alicyclic amines) is 1. The van der Waals surface area contributed by atoms with E-state index in [0.29, 0.717) is 69.0 Å². The van der Waals surface area contributed by atoms with Gasteiger partial charge in [0, 0.05) is 22.7 Å². The number of sulfonamides is 1. The van der Waals surface area contributed by atoms with Crippen LogP contribution in [0.5, 0.6) is 11.5 Å². The van der Waals surface area contributed by atoms with Crippen LogP contribution in [0.25, 0.3) is 20.6 Å². The Morgan fingerprint density at radius 2 is 1.49 bits per heavy atom. The Kier molecular flexibility index (Phi) is 12.4. The maximum Gasteiger partial charge on any atom is 0.270 e. The summed E-state index contributed by atoms with van der Waals surface area (Å²) < 4.78 is 102. The summed E-state index contributed by atoms with van der Waals surface area (Å²) in [5.41, 5.74) is -2.65. The van der Waals surface area contributed by atoms with Crippen LogP contribution >= 0.6 is 45.9 Å². The number of nitrogens with one attached hydrogen (secondary N) is 2. The second-order valence-corrected chi connectivity index (χ2v) is 18.0. The van der Waals surface area contributed by atoms with Gasteiger partial charge in [0.05, 0.1) is 21.0 Å². The highest BCUT2D eigenvalue weighted by molar-refractivity contribution is 7.89. The fourth-order valence-electron chi connectivity index (χ4n) is 6.10. The van der Waals surface area contributed by atoms with Gasteiger partial charge in [-0.1, -0.05) is 34.5 Å². The Bertz CT molecular complexity index is 2770. The minimum atomic E-state index is -5.08. The number of piperidine rings is 1. The highest BCUT2D eigenvalue weighted by atomic mass is 35.5. The molecule has 4 heterocycles. The number of halogens is 6. The predicted molar refractivity (Wildman–Crippen MR) is 211 cm³/mol. The van der Waals surface area contributed by atoms with Crippen LogP contribution in [0.3, 0.4) is 0 Å². The molecule has 3 amide bonds. The summed E-state index contributed by atoms with van der Waals surface area (Å²) in [6, 6.07) is 8.70. The van der Waals surface area contributed by atoms with Crippen molar-refractivity contribution in [2.45, 2.75) is 31.8 Å². The summed E-state index contributed by atoms with van der Waals surface area (Å²) in [4.78, 5) is 54.6. The summed E-state index contributed by atoms with van der Waals surface area (Å²) in [7, 11) is -3.23. The molecule has 0 unspecified atom stereocenters. The van der Waals surface area contributed by atoms with Gasteiger partial charge in [-0.2, -0.15) is 0 Å². The molecular formula is C37H28Cl2F4N6O7S3. The van der Waals surface area contributed by atoms with E-state index in [0.717, 1.165) is 22.1 Å². The molecule has 0 atom stereocenters. The minimum absolute atomic E-state index is 0.239. The topological polar surface area (TPSA) is 170 Å². The molecule has 0 saturated carbocycles. The van der Waals surface area contributed by atoms with Gasteiger partial charge in [0.15, 0.2) is 23.1 Å². The van der Waals surface area contributed by atoms with Crippen LogP contribution < -0.4 is 19.5 Å². The summed E-state index contributed by atoms with van der Waals surface area (Å²) in [6.07, 6.45) is 2.11. The molecule has 0 aliphatic carbocycles. The lowest BCUT2D eigenvalue weighted by atomic mass is 9.96. The van der Waals surface area contributed by atoms with E-state index in [4.69, 9.17) is 32.7 Å². The number of amides is 3. The van der Waals surface area contributed by atoms with E-state index in [1.165, 1.54) is 28.3 Å². The Morgan fingerprint density at radius 3 is 2.24 bits per heavy atom. The van der Waals surface area contributed by atoms with Gasteiger partial charge in [-0.25, -0.2) is 45.7 Å². The molecule has 22 heteroatoms. The van der Waals surface area contributed by atoms with Crippen molar-refractivity contribution in [1.82, 2.24) is 29.9 Å². The zero-order valence-corrected chi connectivity index (χ0v) is 34.2. The molecule has 308 valence electrons. The van der Waals surface area contributed by atoms with E-state index in [1.54, 1.807) is 18.2 Å². The number of thiazole rings is 2. The monoisotopic (exact) mass is 910 g/mol. The maximum atomic E-state index is 16.1. The first-order chi connectivity index (χ1) is 28.0. The molecule has 6 aromatic rings. The molecule has 0 bridgehead atoms. The zero-order chi connectivity index (χ0) is 42.2. The van der Waals surface area contributed by atoms with E-state index in [9.17, 15) is 27.2 Å². The fourth-order valence-corrected chi connectivity index (χ4v) is 9.16. The van der Waals surface area contributed by atoms with Crippen LogP contribution in [0.2, 0.25) is 10.0 Å². The second-order valence-electron chi connectivity index (χ2n) is 13.2. The van der Waals surface area contributed by atoms with Crippen LogP contribution in [-0.2, 0) is 33.8 Å². The number of nitrogens with zero attached hydrogens (tertiary/aromatic N) is 4. The number of pyridine rings is 1. The zero-order valence-electron chi connectivity index (χ0n) is 30.3. The standard InChI is InChI=1S/C37H28Cl2F4N6O7S3/c1-49-8-6-17(7-9-49)34(50)47-35(51)30-31(41)18(10-25(33(30)43)56-15-28-46-23-12-20(39)13-44-37(23)58-28)16-59(53,54)48-36(52)29-21(40)3-4-24(32(29)42)55-14-27-45-22-11-19(38)2-5-26(22)57-27/h2-5,10-13,17H,6-9,14-16H2,1H3,(H,48,52)(H,47,50,51). The van der Waals surface area contributed by atoms with Crippen molar-refractivity contribution in [1.29, 1.82) is 0 Å². The van der Waals surface area contributed by atoms with Crippen molar-refractivity contribution in [2.75, 3.05) is 20.1 Å². The number of benzene rings is 3. The molecule has 0 spiro atoms. The van der Waals surface area contributed by atoms with Crippen molar-refractivity contribution in [2.24, 2.45) is 5.92 Å². The highest BCUT2D eigenvalue weighted by Crippen LogP contribution is 2.32. The average molecular weight is 912 g/mol. The van der Waals surface area contributed by atoms with Crippen molar-refractivity contribution in [3.8, 4) is 11.5 Å². The molecule has 3 aromatic heterocycles. The predicted octanol–water partition coefficient (Wildman–Crippen LogP) is 7.18. The molecule has 1 aliphatic heterocycles. The van der Waals surface area contributed by atoms with Gasteiger partial charge in [0.1, 0.15) is 56.3 Å². The number of rotatable bonds is 12. The number of ether oxygens (including phenoxy) is 2. The van der Waals surface area contributed by atoms with Crippen molar-refractivity contribution >= 4 is 94.2 Å². The van der Waals surface area contributed by atoms with E-state index < -0.39 is 97.5 Å². The summed E-state index contributed by atoms with van der Waals surface area (Å²) >= 11 is 14.2. The van der Waals surface area contributed by atoms with Crippen LogP contribution in [0, 0.1) is 29.2 Å². The van der Waals surface area contributed by atoms with Crippen LogP contribution in [0.4, 0.5) is 17.6 Å². The molecule has 59 heavy (non-hydrogen) atoms. The third-order valence-electron chi connectivity index (χ3n) is 9.03. The first-order valence-electron chi connectivity index (χ1n) is 17.3. The van der Waals surface area contributed by atoms with E-state index >= 15 is 13.2 Å².